The molecule has 0 radical (unpaired) electrons. The number of amides is 1. The molecule has 0 aromatic heterocycles. The number of carboxylic acid groups (broad SMARTS) is 1. The van der Waals surface area contributed by atoms with Gasteiger partial charge >= 0.3 is 12.1 Å². The molecule has 32 heavy (non-hydrogen) atoms. The zero-order chi connectivity index (χ0) is 22.1. The third-order valence-corrected chi connectivity index (χ3v) is 7.34. The van der Waals surface area contributed by atoms with E-state index in [0.29, 0.717) is 11.5 Å². The first-order valence-corrected chi connectivity index (χ1v) is 11.8. The molecule has 5 rings (SSSR count). The number of carbonyl (C=O) groups excluding carboxylic acids is 1. The van der Waals surface area contributed by atoms with Gasteiger partial charge in [0.1, 0.15) is 12.6 Å². The first-order valence-electron chi connectivity index (χ1n) is 10.6. The van der Waals surface area contributed by atoms with Crippen LogP contribution in [-0.4, -0.2) is 46.2 Å². The first-order chi connectivity index (χ1) is 15.6. The summed E-state index contributed by atoms with van der Waals surface area (Å²) in [6.07, 6.45) is -0.576. The first kappa shape index (κ1) is 20.6. The van der Waals surface area contributed by atoms with Crippen LogP contribution in [0.4, 0.5) is 4.79 Å². The highest BCUT2D eigenvalue weighted by molar-refractivity contribution is 7.99. The molecular weight excluding hydrogens is 422 g/mol. The van der Waals surface area contributed by atoms with Gasteiger partial charge in [0.25, 0.3) is 0 Å². The van der Waals surface area contributed by atoms with Crippen molar-refractivity contribution in [2.24, 2.45) is 0 Å². The highest BCUT2D eigenvalue weighted by atomic mass is 32.2. The van der Waals surface area contributed by atoms with Crippen molar-refractivity contribution in [1.82, 2.24) is 4.90 Å². The highest BCUT2D eigenvalue weighted by Crippen LogP contribution is 2.44. The molecule has 1 fully saturated rings. The predicted molar refractivity (Wildman–Crippen MR) is 125 cm³/mol. The summed E-state index contributed by atoms with van der Waals surface area (Å²) in [6.45, 7) is 0.171. The zero-order valence-corrected chi connectivity index (χ0v) is 18.2. The van der Waals surface area contributed by atoms with Gasteiger partial charge < -0.3 is 9.84 Å². The average molecular weight is 446 g/mol. The van der Waals surface area contributed by atoms with Crippen molar-refractivity contribution in [2.75, 3.05) is 18.1 Å². The number of carbonyl (C=O) groups is 2. The van der Waals surface area contributed by atoms with Crippen molar-refractivity contribution in [3.8, 4) is 11.1 Å². The summed E-state index contributed by atoms with van der Waals surface area (Å²) >= 11 is 1.55. The lowest BCUT2D eigenvalue weighted by molar-refractivity contribution is -0.142. The molecule has 1 aliphatic carbocycles. The Morgan fingerprint density at radius 3 is 2.09 bits per heavy atom. The minimum atomic E-state index is -1.01. The van der Waals surface area contributed by atoms with Crippen LogP contribution in [0.3, 0.4) is 0 Å². The molecule has 2 atom stereocenters. The molecule has 2 unspecified atom stereocenters. The summed E-state index contributed by atoms with van der Waals surface area (Å²) in [6, 6.07) is 24.6. The Hall–Kier alpha value is -3.25. The van der Waals surface area contributed by atoms with Gasteiger partial charge in [0.05, 0.1) is 6.04 Å². The van der Waals surface area contributed by atoms with E-state index in [2.05, 4.69) is 24.3 Å². The van der Waals surface area contributed by atoms with Crippen molar-refractivity contribution in [3.05, 3.63) is 95.6 Å². The summed E-state index contributed by atoms with van der Waals surface area (Å²) in [5.41, 5.74) is 5.49. The van der Waals surface area contributed by atoms with Crippen molar-refractivity contribution in [1.29, 1.82) is 0 Å². The van der Waals surface area contributed by atoms with E-state index in [-0.39, 0.29) is 18.6 Å². The predicted octanol–water partition coefficient (Wildman–Crippen LogP) is 5.18. The molecule has 0 spiro atoms. The largest absolute Gasteiger partial charge is 0.480 e. The fourth-order valence-electron chi connectivity index (χ4n) is 4.71. The van der Waals surface area contributed by atoms with Gasteiger partial charge in [-0.05, 0) is 27.8 Å². The van der Waals surface area contributed by atoms with E-state index in [1.54, 1.807) is 11.8 Å². The molecule has 1 N–H and O–H groups in total. The van der Waals surface area contributed by atoms with Crippen LogP contribution in [0.15, 0.2) is 78.9 Å². The Labute approximate surface area is 191 Å². The Morgan fingerprint density at radius 2 is 1.47 bits per heavy atom. The lowest BCUT2D eigenvalue weighted by Gasteiger charge is -2.39. The van der Waals surface area contributed by atoms with E-state index in [0.717, 1.165) is 27.8 Å². The maximum atomic E-state index is 13.3. The van der Waals surface area contributed by atoms with Gasteiger partial charge in [0.2, 0.25) is 0 Å². The second-order valence-corrected chi connectivity index (χ2v) is 9.10. The van der Waals surface area contributed by atoms with E-state index in [1.807, 2.05) is 54.6 Å². The van der Waals surface area contributed by atoms with Gasteiger partial charge in [-0.25, -0.2) is 9.59 Å². The summed E-state index contributed by atoms with van der Waals surface area (Å²) in [7, 11) is 0. The van der Waals surface area contributed by atoms with Gasteiger partial charge in [-0.15, -0.1) is 0 Å². The molecule has 1 heterocycles. The van der Waals surface area contributed by atoms with E-state index >= 15 is 0 Å². The standard InChI is InChI=1S/C26H23NO4S/c28-25(29)24-16-32-15-23(17-8-2-1-3-9-17)27(24)26(30)31-14-22-20-12-6-4-10-18(20)19-11-5-7-13-21(19)22/h1-13,22-24H,14-16H2,(H,28,29). The van der Waals surface area contributed by atoms with Crippen LogP contribution < -0.4 is 0 Å². The topological polar surface area (TPSA) is 66.8 Å². The second-order valence-electron chi connectivity index (χ2n) is 8.03. The Bertz CT molecular complexity index is 1100. The fraction of sp³-hybridized carbons (Fsp3) is 0.231. The number of thioether (sulfide) groups is 1. The number of ether oxygens (including phenoxy) is 1. The molecule has 3 aromatic carbocycles. The number of nitrogens with zero attached hydrogens (tertiary/aromatic N) is 1. The number of hydrogen-bond acceptors (Lipinski definition) is 4. The summed E-state index contributed by atoms with van der Waals surface area (Å²) < 4.78 is 5.83. The zero-order valence-electron chi connectivity index (χ0n) is 17.4. The van der Waals surface area contributed by atoms with Crippen LogP contribution in [0.2, 0.25) is 0 Å². The Kier molecular flexibility index (Phi) is 5.62. The monoisotopic (exact) mass is 445 g/mol. The van der Waals surface area contributed by atoms with E-state index in [1.165, 1.54) is 4.90 Å². The van der Waals surface area contributed by atoms with Gasteiger partial charge in [-0.3, -0.25) is 4.90 Å². The van der Waals surface area contributed by atoms with Gasteiger partial charge in [-0.1, -0.05) is 78.9 Å². The summed E-state index contributed by atoms with van der Waals surface area (Å²) in [5, 5.41) is 9.80. The van der Waals surface area contributed by atoms with Crippen LogP contribution in [0.25, 0.3) is 11.1 Å². The van der Waals surface area contributed by atoms with Crippen molar-refractivity contribution >= 4 is 23.8 Å². The quantitative estimate of drug-likeness (QED) is 0.599. The Balaban J connectivity index is 1.41. The minimum absolute atomic E-state index is 0.0658. The van der Waals surface area contributed by atoms with Gasteiger partial charge in [0.15, 0.2) is 0 Å². The number of benzene rings is 3. The van der Waals surface area contributed by atoms with Crippen molar-refractivity contribution < 1.29 is 19.4 Å². The molecule has 1 saturated heterocycles. The van der Waals surface area contributed by atoms with Gasteiger partial charge in [0, 0.05) is 17.4 Å². The lowest BCUT2D eigenvalue weighted by atomic mass is 9.98. The molecule has 0 saturated carbocycles. The normalized spacial score (nSPS) is 19.8. The minimum Gasteiger partial charge on any atom is -0.480 e. The van der Waals surface area contributed by atoms with Crippen LogP contribution in [0.5, 0.6) is 0 Å². The molecule has 5 nitrogen and oxygen atoms in total. The van der Waals surface area contributed by atoms with Crippen LogP contribution >= 0.6 is 11.8 Å². The van der Waals surface area contributed by atoms with Crippen LogP contribution in [0, 0.1) is 0 Å². The fourth-order valence-corrected chi connectivity index (χ4v) is 5.95. The third kappa shape index (κ3) is 3.65. The molecule has 0 bridgehead atoms. The van der Waals surface area contributed by atoms with E-state index in [4.69, 9.17) is 4.74 Å². The number of aliphatic carboxylic acids is 1. The number of fused-ring (bicyclic) bond motifs is 3. The van der Waals surface area contributed by atoms with Crippen LogP contribution in [-0.2, 0) is 9.53 Å². The number of rotatable bonds is 4. The molecule has 1 aliphatic heterocycles. The molecule has 6 heteroatoms. The Morgan fingerprint density at radius 1 is 0.875 bits per heavy atom. The van der Waals surface area contributed by atoms with Crippen LogP contribution in [0.1, 0.15) is 28.7 Å². The second kappa shape index (κ2) is 8.71. The maximum absolute atomic E-state index is 13.3. The summed E-state index contributed by atoms with van der Waals surface area (Å²) in [4.78, 5) is 26.7. The maximum Gasteiger partial charge on any atom is 0.411 e. The van der Waals surface area contributed by atoms with E-state index < -0.39 is 18.1 Å². The third-order valence-electron chi connectivity index (χ3n) is 6.24. The molecular formula is C26H23NO4S. The SMILES string of the molecule is O=C(O)C1CSCC(c2ccccc2)N1C(=O)OCC1c2ccccc2-c2ccccc21. The molecule has 3 aromatic rings. The molecule has 162 valence electrons. The van der Waals surface area contributed by atoms with Gasteiger partial charge in [-0.2, -0.15) is 11.8 Å². The smallest absolute Gasteiger partial charge is 0.411 e. The average Bonchev–Trinajstić information content (AvgIpc) is 3.16. The van der Waals surface area contributed by atoms with E-state index in [9.17, 15) is 14.7 Å². The number of hydrogen-bond donors (Lipinski definition) is 1. The molecule has 2 aliphatic rings. The number of carboxylic acids is 1. The summed E-state index contributed by atoms with van der Waals surface area (Å²) in [5.74, 6) is -0.0866. The van der Waals surface area contributed by atoms with Crippen molar-refractivity contribution in [3.63, 3.8) is 0 Å². The van der Waals surface area contributed by atoms with Crippen molar-refractivity contribution in [2.45, 2.75) is 18.0 Å². The lowest BCUT2D eigenvalue weighted by Crippen LogP contribution is -2.52. The highest BCUT2D eigenvalue weighted by Gasteiger charge is 2.41. The molecule has 1 amide bonds.